The highest BCUT2D eigenvalue weighted by atomic mass is 32.1. The molecule has 2 aromatic heterocycles. The number of rotatable bonds is 5. The first kappa shape index (κ1) is 21.0. The first-order valence-corrected chi connectivity index (χ1v) is 11.2. The monoisotopic (exact) mass is 436 g/mol. The van der Waals surface area contributed by atoms with Crippen LogP contribution in [0.15, 0.2) is 58.7 Å². The van der Waals surface area contributed by atoms with Crippen molar-refractivity contribution >= 4 is 23.2 Å². The number of hydrogen-bond acceptors (Lipinski definition) is 5. The third kappa shape index (κ3) is 4.59. The molecule has 0 radical (unpaired) electrons. The van der Waals surface area contributed by atoms with Gasteiger partial charge in [0.15, 0.2) is 0 Å². The van der Waals surface area contributed by atoms with Crippen molar-refractivity contribution in [2.24, 2.45) is 5.92 Å². The third-order valence-electron chi connectivity index (χ3n) is 5.58. The van der Waals surface area contributed by atoms with Crippen LogP contribution in [0.2, 0.25) is 0 Å². The number of carbonyl (C=O) groups excluding carboxylic acids is 2. The minimum atomic E-state index is -0.359. The molecule has 1 N–H and O–H groups in total. The second kappa shape index (κ2) is 9.26. The summed E-state index contributed by atoms with van der Waals surface area (Å²) in [5.74, 6) is -0.568. The molecule has 2 amide bonds. The molecule has 0 bridgehead atoms. The number of benzene rings is 1. The smallest absolute Gasteiger partial charge is 0.274 e. The van der Waals surface area contributed by atoms with E-state index in [0.717, 1.165) is 16.0 Å². The van der Waals surface area contributed by atoms with Gasteiger partial charge in [-0.3, -0.25) is 14.4 Å². The van der Waals surface area contributed by atoms with Crippen molar-refractivity contribution in [3.63, 3.8) is 0 Å². The highest BCUT2D eigenvalue weighted by Crippen LogP contribution is 2.30. The van der Waals surface area contributed by atoms with Crippen LogP contribution in [0.1, 0.15) is 23.0 Å². The lowest BCUT2D eigenvalue weighted by Crippen LogP contribution is -2.38. The maximum absolute atomic E-state index is 13.3. The SMILES string of the molecule is CCN1CCN(C(=O)c2ccc(=O)[nH]n2)C[C@H](Cc2ccccc2-c2cccs2)C1=O. The zero-order chi connectivity index (χ0) is 21.8. The van der Waals surface area contributed by atoms with E-state index in [1.807, 2.05) is 35.4 Å². The van der Waals surface area contributed by atoms with Crippen molar-refractivity contribution in [2.75, 3.05) is 26.2 Å². The van der Waals surface area contributed by atoms with Gasteiger partial charge in [-0.1, -0.05) is 30.3 Å². The Morgan fingerprint density at radius 2 is 1.97 bits per heavy atom. The Labute approximate surface area is 184 Å². The molecule has 1 fully saturated rings. The lowest BCUT2D eigenvalue weighted by molar-refractivity contribution is -0.134. The average Bonchev–Trinajstić information content (AvgIpc) is 3.27. The molecule has 1 aliphatic heterocycles. The normalized spacial score (nSPS) is 16.9. The van der Waals surface area contributed by atoms with Gasteiger partial charge in [0.1, 0.15) is 5.69 Å². The number of amides is 2. The maximum atomic E-state index is 13.3. The molecule has 1 atom stereocenters. The number of H-pyrrole nitrogens is 1. The number of hydrogen-bond donors (Lipinski definition) is 1. The summed E-state index contributed by atoms with van der Waals surface area (Å²) >= 11 is 1.67. The highest BCUT2D eigenvalue weighted by molar-refractivity contribution is 7.13. The fourth-order valence-electron chi connectivity index (χ4n) is 3.96. The molecule has 1 aliphatic rings. The lowest BCUT2D eigenvalue weighted by atomic mass is 9.93. The van der Waals surface area contributed by atoms with Gasteiger partial charge < -0.3 is 9.80 Å². The quantitative estimate of drug-likeness (QED) is 0.666. The summed E-state index contributed by atoms with van der Waals surface area (Å²) in [6.07, 6.45) is 0.548. The summed E-state index contributed by atoms with van der Waals surface area (Å²) in [7, 11) is 0. The minimum absolute atomic E-state index is 0.0632. The van der Waals surface area contributed by atoms with E-state index in [2.05, 4.69) is 28.4 Å². The number of likely N-dealkylation sites (N-methyl/N-ethyl adjacent to an activating group) is 1. The molecule has 3 aromatic rings. The summed E-state index contributed by atoms with van der Waals surface area (Å²) < 4.78 is 0. The van der Waals surface area contributed by atoms with Gasteiger partial charge in [-0.05, 0) is 42.0 Å². The minimum Gasteiger partial charge on any atom is -0.341 e. The Morgan fingerprint density at radius 1 is 1.13 bits per heavy atom. The summed E-state index contributed by atoms with van der Waals surface area (Å²) in [4.78, 5) is 42.2. The van der Waals surface area contributed by atoms with Crippen LogP contribution in [0.25, 0.3) is 10.4 Å². The lowest BCUT2D eigenvalue weighted by Gasteiger charge is -2.24. The van der Waals surface area contributed by atoms with E-state index >= 15 is 0 Å². The van der Waals surface area contributed by atoms with Gasteiger partial charge in [-0.15, -0.1) is 11.3 Å². The Hall–Kier alpha value is -3.26. The first-order chi connectivity index (χ1) is 15.1. The molecule has 1 saturated heterocycles. The second-order valence-electron chi connectivity index (χ2n) is 7.51. The number of aromatic amines is 1. The average molecular weight is 437 g/mol. The summed E-state index contributed by atoms with van der Waals surface area (Å²) in [6.45, 7) is 3.78. The first-order valence-electron chi connectivity index (χ1n) is 10.3. The van der Waals surface area contributed by atoms with Crippen molar-refractivity contribution in [1.82, 2.24) is 20.0 Å². The third-order valence-corrected chi connectivity index (χ3v) is 6.48. The summed E-state index contributed by atoms with van der Waals surface area (Å²) in [5, 5.41) is 8.22. The molecule has 31 heavy (non-hydrogen) atoms. The molecule has 3 heterocycles. The van der Waals surface area contributed by atoms with Crippen LogP contribution in [0.3, 0.4) is 0 Å². The molecule has 0 aliphatic carbocycles. The predicted octanol–water partition coefficient (Wildman–Crippen LogP) is 2.66. The highest BCUT2D eigenvalue weighted by Gasteiger charge is 2.33. The molecule has 7 nitrogen and oxygen atoms in total. The van der Waals surface area contributed by atoms with Gasteiger partial charge in [0, 0.05) is 37.1 Å². The molecule has 160 valence electrons. The standard InChI is InChI=1S/C23H24N4O3S/c1-2-26-11-12-27(23(30)19-9-10-21(28)25-24-19)15-17(22(26)29)14-16-6-3-4-7-18(16)20-8-5-13-31-20/h3-10,13,17H,2,11-12,14-15H2,1H3,(H,25,28)/t17-/m0/s1. The van der Waals surface area contributed by atoms with Gasteiger partial charge >= 0.3 is 0 Å². The molecule has 1 aromatic carbocycles. The van der Waals surface area contributed by atoms with E-state index < -0.39 is 0 Å². The largest absolute Gasteiger partial charge is 0.341 e. The van der Waals surface area contributed by atoms with E-state index in [-0.39, 0.29) is 29.0 Å². The van der Waals surface area contributed by atoms with Crippen LogP contribution < -0.4 is 5.56 Å². The number of nitrogens with one attached hydrogen (secondary N) is 1. The zero-order valence-corrected chi connectivity index (χ0v) is 18.1. The maximum Gasteiger partial charge on any atom is 0.274 e. The van der Waals surface area contributed by atoms with Gasteiger partial charge in [-0.25, -0.2) is 5.10 Å². The van der Waals surface area contributed by atoms with Gasteiger partial charge in [0.2, 0.25) is 5.91 Å². The molecule has 4 rings (SSSR count). The van der Waals surface area contributed by atoms with Crippen LogP contribution in [-0.4, -0.2) is 58.0 Å². The second-order valence-corrected chi connectivity index (χ2v) is 8.46. The van der Waals surface area contributed by atoms with Crippen LogP contribution in [0.5, 0.6) is 0 Å². The van der Waals surface area contributed by atoms with Gasteiger partial charge in [0.25, 0.3) is 11.5 Å². The molecule has 8 heteroatoms. The molecular weight excluding hydrogens is 412 g/mol. The van der Waals surface area contributed by atoms with Gasteiger partial charge in [-0.2, -0.15) is 5.10 Å². The van der Waals surface area contributed by atoms with E-state index in [4.69, 9.17) is 0 Å². The predicted molar refractivity (Wildman–Crippen MR) is 120 cm³/mol. The Balaban J connectivity index is 1.62. The topological polar surface area (TPSA) is 86.4 Å². The summed E-state index contributed by atoms with van der Waals surface area (Å²) in [6, 6.07) is 14.9. The Bertz CT molecular complexity index is 1110. The molecule has 0 unspecified atom stereocenters. The summed E-state index contributed by atoms with van der Waals surface area (Å²) in [5.41, 5.74) is 2.03. The van der Waals surface area contributed by atoms with Crippen molar-refractivity contribution in [2.45, 2.75) is 13.3 Å². The van der Waals surface area contributed by atoms with E-state index in [9.17, 15) is 14.4 Å². The fourth-order valence-corrected chi connectivity index (χ4v) is 4.74. The molecular formula is C23H24N4O3S. The number of aromatic nitrogens is 2. The number of nitrogens with zero attached hydrogens (tertiary/aromatic N) is 3. The molecule has 0 spiro atoms. The van der Waals surface area contributed by atoms with Crippen molar-refractivity contribution in [3.8, 4) is 10.4 Å². The Morgan fingerprint density at radius 3 is 2.68 bits per heavy atom. The number of carbonyl (C=O) groups is 2. The van der Waals surface area contributed by atoms with Crippen LogP contribution >= 0.6 is 11.3 Å². The van der Waals surface area contributed by atoms with E-state index in [1.54, 1.807) is 16.2 Å². The van der Waals surface area contributed by atoms with Crippen LogP contribution in [0.4, 0.5) is 0 Å². The Kier molecular flexibility index (Phi) is 6.27. The van der Waals surface area contributed by atoms with Crippen LogP contribution in [0, 0.1) is 5.92 Å². The fraction of sp³-hybridized carbons (Fsp3) is 0.304. The van der Waals surface area contributed by atoms with Crippen molar-refractivity contribution in [3.05, 3.63) is 75.5 Å². The van der Waals surface area contributed by atoms with Crippen molar-refractivity contribution < 1.29 is 9.59 Å². The van der Waals surface area contributed by atoms with Crippen molar-refractivity contribution in [1.29, 1.82) is 0 Å². The van der Waals surface area contributed by atoms with E-state index in [1.165, 1.54) is 12.1 Å². The number of thiophene rings is 1. The zero-order valence-electron chi connectivity index (χ0n) is 17.3. The van der Waals surface area contributed by atoms with Gasteiger partial charge in [0.05, 0.1) is 5.92 Å². The van der Waals surface area contributed by atoms with Crippen LogP contribution in [-0.2, 0) is 11.2 Å². The molecule has 0 saturated carbocycles. The van der Waals surface area contributed by atoms with E-state index in [0.29, 0.717) is 32.6 Å².